The zero-order chi connectivity index (χ0) is 14.6. The first-order valence-corrected chi connectivity index (χ1v) is 8.10. The molecule has 106 valence electrons. The predicted molar refractivity (Wildman–Crippen MR) is 74.3 cm³/mol. The molecule has 2 rings (SSSR count). The number of nitro benzene ring substituents is 1. The van der Waals surface area contributed by atoms with Crippen LogP contribution in [0.4, 0.5) is 5.69 Å². The maximum atomic E-state index is 11.9. The summed E-state index contributed by atoms with van der Waals surface area (Å²) >= 11 is 1.11. The highest BCUT2D eigenvalue weighted by molar-refractivity contribution is 7.93. The van der Waals surface area contributed by atoms with Crippen molar-refractivity contribution in [1.82, 2.24) is 0 Å². The molecule has 0 unspecified atom stereocenters. The van der Waals surface area contributed by atoms with E-state index in [1.54, 1.807) is 23.6 Å². The molecule has 2 aromatic rings. The van der Waals surface area contributed by atoms with Crippen LogP contribution in [-0.4, -0.2) is 19.3 Å². The van der Waals surface area contributed by atoms with Crippen LogP contribution < -0.4 is 0 Å². The van der Waals surface area contributed by atoms with Crippen molar-refractivity contribution in [1.29, 1.82) is 0 Å². The molecule has 0 amide bonds. The van der Waals surface area contributed by atoms with E-state index in [1.165, 1.54) is 18.2 Å². The van der Waals surface area contributed by atoms with E-state index in [9.17, 15) is 18.5 Å². The van der Waals surface area contributed by atoms with Gasteiger partial charge in [0, 0.05) is 6.07 Å². The predicted octanol–water partition coefficient (Wildman–Crippen LogP) is 2.60. The molecule has 0 saturated carbocycles. The average molecular weight is 313 g/mol. The van der Waals surface area contributed by atoms with Gasteiger partial charge in [0.15, 0.2) is 5.94 Å². The van der Waals surface area contributed by atoms with Gasteiger partial charge in [0.25, 0.3) is 5.69 Å². The van der Waals surface area contributed by atoms with E-state index in [4.69, 9.17) is 4.74 Å². The number of para-hydroxylation sites is 1. The first kappa shape index (κ1) is 14.6. The molecule has 0 spiro atoms. The number of sulfone groups is 1. The zero-order valence-corrected chi connectivity index (χ0v) is 11.9. The molecule has 8 heteroatoms. The van der Waals surface area contributed by atoms with Crippen molar-refractivity contribution in [2.75, 3.05) is 5.94 Å². The third kappa shape index (κ3) is 3.41. The molecule has 1 aromatic heterocycles. The van der Waals surface area contributed by atoms with Crippen LogP contribution in [0.2, 0.25) is 0 Å². The minimum atomic E-state index is -3.49. The molecule has 0 atom stereocenters. The summed E-state index contributed by atoms with van der Waals surface area (Å²) in [7, 11) is -3.49. The Bertz CT molecular complexity index is 694. The first-order chi connectivity index (χ1) is 9.50. The molecule has 0 fully saturated rings. The summed E-state index contributed by atoms with van der Waals surface area (Å²) in [5.41, 5.74) is 0.264. The Morgan fingerprint density at radius 3 is 2.60 bits per heavy atom. The fourth-order valence-corrected chi connectivity index (χ4v) is 3.62. The van der Waals surface area contributed by atoms with Gasteiger partial charge in [-0.25, -0.2) is 8.42 Å². The Kier molecular flexibility index (Phi) is 4.48. The summed E-state index contributed by atoms with van der Waals surface area (Å²) in [5, 5.41) is 12.5. The molecule has 1 aromatic carbocycles. The topological polar surface area (TPSA) is 86.5 Å². The lowest BCUT2D eigenvalue weighted by Crippen LogP contribution is -2.09. The molecule has 0 aliphatic rings. The Labute approximate surface area is 119 Å². The zero-order valence-electron chi connectivity index (χ0n) is 10.3. The van der Waals surface area contributed by atoms with Crippen molar-refractivity contribution in [2.45, 2.75) is 10.8 Å². The van der Waals surface area contributed by atoms with Crippen molar-refractivity contribution < 1.29 is 18.1 Å². The highest BCUT2D eigenvalue weighted by Gasteiger charge is 2.17. The van der Waals surface area contributed by atoms with Crippen LogP contribution in [0, 0.1) is 10.1 Å². The molecular formula is C12H11NO5S2. The highest BCUT2D eigenvalue weighted by atomic mass is 32.2. The van der Waals surface area contributed by atoms with Gasteiger partial charge >= 0.3 is 0 Å². The van der Waals surface area contributed by atoms with Gasteiger partial charge in [-0.05, 0) is 17.5 Å². The number of benzene rings is 1. The smallest absolute Gasteiger partial charge is 0.274 e. The number of rotatable bonds is 6. The van der Waals surface area contributed by atoms with Crippen LogP contribution >= 0.6 is 11.3 Å². The molecule has 20 heavy (non-hydrogen) atoms. The maximum absolute atomic E-state index is 11.9. The third-order valence-corrected chi connectivity index (χ3v) is 5.42. The van der Waals surface area contributed by atoms with E-state index >= 15 is 0 Å². The fourth-order valence-electron chi connectivity index (χ4n) is 1.57. The summed E-state index contributed by atoms with van der Waals surface area (Å²) in [6.07, 6.45) is 0. The Morgan fingerprint density at radius 2 is 1.95 bits per heavy atom. The standard InChI is InChI=1S/C12H11NO5S2/c14-13(15)11-5-2-1-4-10(11)8-18-9-20(16,17)12-6-3-7-19-12/h1-7H,8-9H2. The largest absolute Gasteiger partial charge is 0.360 e. The molecular weight excluding hydrogens is 302 g/mol. The Balaban J connectivity index is 2.02. The third-order valence-electron chi connectivity index (χ3n) is 2.49. The minimum Gasteiger partial charge on any atom is -0.360 e. The van der Waals surface area contributed by atoms with Gasteiger partial charge in [-0.15, -0.1) is 11.3 Å². The number of thiophene rings is 1. The van der Waals surface area contributed by atoms with Crippen LogP contribution in [0.25, 0.3) is 0 Å². The monoisotopic (exact) mass is 313 g/mol. The van der Waals surface area contributed by atoms with E-state index in [2.05, 4.69) is 0 Å². The van der Waals surface area contributed by atoms with Crippen molar-refractivity contribution >= 4 is 26.9 Å². The molecule has 6 nitrogen and oxygen atoms in total. The van der Waals surface area contributed by atoms with Gasteiger partial charge in [0.1, 0.15) is 4.21 Å². The molecule has 0 saturated heterocycles. The van der Waals surface area contributed by atoms with Crippen LogP contribution in [0.5, 0.6) is 0 Å². The molecule has 0 N–H and O–H groups in total. The first-order valence-electron chi connectivity index (χ1n) is 5.57. The van der Waals surface area contributed by atoms with E-state index in [1.807, 2.05) is 0 Å². The molecule has 1 heterocycles. The van der Waals surface area contributed by atoms with Crippen LogP contribution in [-0.2, 0) is 21.2 Å². The lowest BCUT2D eigenvalue weighted by atomic mass is 10.2. The normalized spacial score (nSPS) is 11.4. The summed E-state index contributed by atoms with van der Waals surface area (Å²) in [4.78, 5) is 10.3. The SMILES string of the molecule is O=[N+]([O-])c1ccccc1COCS(=O)(=O)c1cccs1. The highest BCUT2D eigenvalue weighted by Crippen LogP contribution is 2.21. The van der Waals surface area contributed by atoms with Gasteiger partial charge in [-0.3, -0.25) is 10.1 Å². The van der Waals surface area contributed by atoms with Gasteiger partial charge in [0.2, 0.25) is 9.84 Å². The Hall–Kier alpha value is -1.77. The number of hydrogen-bond acceptors (Lipinski definition) is 6. The van der Waals surface area contributed by atoms with Gasteiger partial charge in [0.05, 0.1) is 17.1 Å². The second kappa shape index (κ2) is 6.12. The van der Waals surface area contributed by atoms with Crippen molar-refractivity contribution in [3.05, 3.63) is 57.5 Å². The van der Waals surface area contributed by atoms with E-state index in [-0.39, 0.29) is 16.5 Å². The fraction of sp³-hybridized carbons (Fsp3) is 0.167. The second-order valence-electron chi connectivity index (χ2n) is 3.90. The summed E-state index contributed by atoms with van der Waals surface area (Å²) in [6.45, 7) is -0.123. The summed E-state index contributed by atoms with van der Waals surface area (Å²) in [5.74, 6) is -0.500. The second-order valence-corrected chi connectivity index (χ2v) is 7.01. The molecule has 0 radical (unpaired) electrons. The number of ether oxygens (including phenoxy) is 1. The van der Waals surface area contributed by atoms with Gasteiger partial charge in [-0.2, -0.15) is 0 Å². The van der Waals surface area contributed by atoms with E-state index < -0.39 is 20.7 Å². The van der Waals surface area contributed by atoms with Crippen LogP contribution in [0.1, 0.15) is 5.56 Å². The van der Waals surface area contributed by atoms with E-state index in [0.717, 1.165) is 11.3 Å². The van der Waals surface area contributed by atoms with Gasteiger partial charge in [-0.1, -0.05) is 18.2 Å². The van der Waals surface area contributed by atoms with Crippen LogP contribution in [0.3, 0.4) is 0 Å². The molecule has 0 bridgehead atoms. The quantitative estimate of drug-likeness (QED) is 0.604. The number of nitro groups is 1. The molecule has 0 aliphatic carbocycles. The molecule has 0 aliphatic heterocycles. The average Bonchev–Trinajstić information content (AvgIpc) is 2.93. The van der Waals surface area contributed by atoms with Crippen molar-refractivity contribution in [2.24, 2.45) is 0 Å². The lowest BCUT2D eigenvalue weighted by molar-refractivity contribution is -0.385. The van der Waals surface area contributed by atoms with E-state index in [0.29, 0.717) is 5.56 Å². The van der Waals surface area contributed by atoms with Crippen molar-refractivity contribution in [3.63, 3.8) is 0 Å². The summed E-state index contributed by atoms with van der Waals surface area (Å²) in [6, 6.07) is 9.21. The lowest BCUT2D eigenvalue weighted by Gasteiger charge is -2.05. The van der Waals surface area contributed by atoms with Crippen molar-refractivity contribution in [3.8, 4) is 0 Å². The summed E-state index contributed by atoms with van der Waals surface area (Å²) < 4.78 is 29.0. The van der Waals surface area contributed by atoms with Gasteiger partial charge < -0.3 is 4.74 Å². The maximum Gasteiger partial charge on any atom is 0.274 e. The number of hydrogen-bond donors (Lipinski definition) is 0. The Morgan fingerprint density at radius 1 is 1.20 bits per heavy atom. The van der Waals surface area contributed by atoms with Crippen LogP contribution in [0.15, 0.2) is 46.0 Å². The minimum absolute atomic E-state index is 0.0824. The number of nitrogens with zero attached hydrogens (tertiary/aromatic N) is 1.